The van der Waals surface area contributed by atoms with Gasteiger partial charge in [-0.2, -0.15) is 5.26 Å². The van der Waals surface area contributed by atoms with Crippen LogP contribution in [0.15, 0.2) is 47.6 Å². The van der Waals surface area contributed by atoms with E-state index in [0.717, 1.165) is 11.0 Å². The van der Waals surface area contributed by atoms with E-state index in [2.05, 4.69) is 33.2 Å². The van der Waals surface area contributed by atoms with E-state index in [4.69, 9.17) is 5.26 Å². The van der Waals surface area contributed by atoms with E-state index in [1.807, 2.05) is 12.1 Å². The van der Waals surface area contributed by atoms with Crippen LogP contribution in [-0.4, -0.2) is 16.0 Å². The third kappa shape index (κ3) is 3.02. The number of carbonyl (C=O) groups excluding carboxylic acids is 1. The molecule has 0 spiro atoms. The van der Waals surface area contributed by atoms with Gasteiger partial charge in [0, 0.05) is 11.4 Å². The number of fused-ring (bicyclic) bond motifs is 1. The van der Waals surface area contributed by atoms with E-state index in [1.165, 1.54) is 0 Å². The summed E-state index contributed by atoms with van der Waals surface area (Å²) < 4.78 is 0. The molecule has 3 aromatic rings. The Kier molecular flexibility index (Phi) is 3.68. The van der Waals surface area contributed by atoms with Gasteiger partial charge in [0.15, 0.2) is 5.16 Å². The highest BCUT2D eigenvalue weighted by atomic mass is 32.1. The number of nitrogens with zero attached hydrogens (tertiary/aromatic N) is 2. The predicted octanol–water partition coefficient (Wildman–Crippen LogP) is 3.37. The summed E-state index contributed by atoms with van der Waals surface area (Å²) in [5.41, 5.74) is 3.34. The molecule has 0 radical (unpaired) electrons. The first kappa shape index (κ1) is 14.0. The van der Waals surface area contributed by atoms with Crippen molar-refractivity contribution in [2.45, 2.75) is 5.16 Å². The molecule has 2 aromatic carbocycles. The number of anilines is 2. The van der Waals surface area contributed by atoms with Gasteiger partial charge in [0.25, 0.3) is 0 Å². The van der Waals surface area contributed by atoms with Crippen LogP contribution in [0, 0.1) is 11.3 Å². The Morgan fingerprint density at radius 1 is 1.14 bits per heavy atom. The van der Waals surface area contributed by atoms with E-state index in [0.29, 0.717) is 22.1 Å². The number of nitriles is 1. The molecule has 0 unspecified atom stereocenters. The van der Waals surface area contributed by atoms with E-state index >= 15 is 0 Å². The lowest BCUT2D eigenvalue weighted by Gasteiger charge is -2.07. The summed E-state index contributed by atoms with van der Waals surface area (Å²) in [5, 5.41) is 14.7. The normalized spacial score (nSPS) is 10.2. The number of carbonyl (C=O) groups is 1. The fourth-order valence-electron chi connectivity index (χ4n) is 1.99. The number of urea groups is 1. The number of benzene rings is 2. The lowest BCUT2D eigenvalue weighted by atomic mass is 10.2. The second-order valence-electron chi connectivity index (χ2n) is 4.56. The van der Waals surface area contributed by atoms with Crippen molar-refractivity contribution in [3.05, 3.63) is 48.0 Å². The number of amides is 2. The number of imidazole rings is 1. The van der Waals surface area contributed by atoms with Crippen LogP contribution >= 0.6 is 12.6 Å². The summed E-state index contributed by atoms with van der Waals surface area (Å²) in [6, 6.07) is 13.6. The van der Waals surface area contributed by atoms with Gasteiger partial charge >= 0.3 is 6.03 Å². The van der Waals surface area contributed by atoms with Crippen molar-refractivity contribution >= 4 is 41.1 Å². The van der Waals surface area contributed by atoms with E-state index in [9.17, 15) is 4.79 Å². The molecular weight excluding hydrogens is 298 g/mol. The van der Waals surface area contributed by atoms with Gasteiger partial charge in [-0.1, -0.05) is 0 Å². The largest absolute Gasteiger partial charge is 0.333 e. The van der Waals surface area contributed by atoms with Crippen LogP contribution in [0.2, 0.25) is 0 Å². The second-order valence-corrected chi connectivity index (χ2v) is 4.98. The molecule has 0 saturated heterocycles. The average Bonchev–Trinajstić information content (AvgIpc) is 2.87. The third-order valence-corrected chi connectivity index (χ3v) is 3.21. The molecule has 1 aromatic heterocycles. The smallest absolute Gasteiger partial charge is 0.323 e. The predicted molar refractivity (Wildman–Crippen MR) is 87.1 cm³/mol. The fraction of sp³-hybridized carbons (Fsp3) is 0. The highest BCUT2D eigenvalue weighted by Gasteiger charge is 2.05. The summed E-state index contributed by atoms with van der Waals surface area (Å²) in [5.74, 6) is 0. The highest BCUT2D eigenvalue weighted by Crippen LogP contribution is 2.18. The van der Waals surface area contributed by atoms with Crippen molar-refractivity contribution in [1.82, 2.24) is 9.97 Å². The molecule has 3 N–H and O–H groups in total. The Labute approximate surface area is 131 Å². The Bertz CT molecular complexity index is 879. The minimum Gasteiger partial charge on any atom is -0.333 e. The first-order valence-electron chi connectivity index (χ1n) is 6.41. The summed E-state index contributed by atoms with van der Waals surface area (Å²) in [6.07, 6.45) is 0. The lowest BCUT2D eigenvalue weighted by molar-refractivity contribution is 0.262. The van der Waals surface area contributed by atoms with Crippen molar-refractivity contribution in [3.63, 3.8) is 0 Å². The molecular formula is C15H11N5OS. The fourth-order valence-corrected chi connectivity index (χ4v) is 2.22. The summed E-state index contributed by atoms with van der Waals surface area (Å²) >= 11 is 4.14. The molecule has 0 atom stereocenters. The molecule has 0 aliphatic carbocycles. The van der Waals surface area contributed by atoms with Crippen LogP contribution in [0.1, 0.15) is 5.56 Å². The Balaban J connectivity index is 1.70. The number of thiol groups is 1. The van der Waals surface area contributed by atoms with E-state index in [-0.39, 0.29) is 6.03 Å². The van der Waals surface area contributed by atoms with Gasteiger partial charge in [0.2, 0.25) is 0 Å². The van der Waals surface area contributed by atoms with Crippen molar-refractivity contribution in [3.8, 4) is 6.07 Å². The van der Waals surface area contributed by atoms with Crippen molar-refractivity contribution < 1.29 is 4.79 Å². The topological polar surface area (TPSA) is 93.6 Å². The van der Waals surface area contributed by atoms with Crippen molar-refractivity contribution in [1.29, 1.82) is 5.26 Å². The minimum absolute atomic E-state index is 0.370. The molecule has 6 nitrogen and oxygen atoms in total. The standard InChI is InChI=1S/C15H11N5OS/c16-8-9-1-3-10(4-2-9)17-14(21)18-11-5-6-12-13(7-11)20-15(22)19-12/h1-7H,(H2,17,18,21)(H2,19,20,22). The number of aromatic nitrogens is 2. The highest BCUT2D eigenvalue weighted by molar-refractivity contribution is 7.80. The molecule has 22 heavy (non-hydrogen) atoms. The lowest BCUT2D eigenvalue weighted by Crippen LogP contribution is -2.19. The van der Waals surface area contributed by atoms with Crippen LogP contribution in [0.4, 0.5) is 16.2 Å². The van der Waals surface area contributed by atoms with Crippen molar-refractivity contribution in [2.24, 2.45) is 0 Å². The molecule has 2 amide bonds. The van der Waals surface area contributed by atoms with Gasteiger partial charge in [-0.3, -0.25) is 0 Å². The summed E-state index contributed by atoms with van der Waals surface area (Å²) in [6.45, 7) is 0. The number of H-pyrrole nitrogens is 1. The average molecular weight is 309 g/mol. The van der Waals surface area contributed by atoms with Gasteiger partial charge in [0.05, 0.1) is 22.7 Å². The SMILES string of the molecule is N#Cc1ccc(NC(=O)Nc2ccc3[nH]c(S)nc3c2)cc1. The molecule has 0 aliphatic rings. The Morgan fingerprint density at radius 2 is 1.82 bits per heavy atom. The zero-order valence-corrected chi connectivity index (χ0v) is 12.2. The van der Waals surface area contributed by atoms with Crippen LogP contribution in [0.3, 0.4) is 0 Å². The quantitative estimate of drug-likeness (QED) is 0.547. The second kappa shape index (κ2) is 5.79. The summed E-state index contributed by atoms with van der Waals surface area (Å²) in [4.78, 5) is 19.1. The van der Waals surface area contributed by atoms with Crippen LogP contribution < -0.4 is 10.6 Å². The maximum Gasteiger partial charge on any atom is 0.323 e. The molecule has 0 bridgehead atoms. The number of aromatic amines is 1. The summed E-state index contributed by atoms with van der Waals surface area (Å²) in [7, 11) is 0. The molecule has 0 fully saturated rings. The minimum atomic E-state index is -0.370. The first-order chi connectivity index (χ1) is 10.6. The van der Waals surface area contributed by atoms with Gasteiger partial charge in [-0.25, -0.2) is 9.78 Å². The zero-order valence-electron chi connectivity index (χ0n) is 11.3. The molecule has 3 rings (SSSR count). The Morgan fingerprint density at radius 3 is 2.55 bits per heavy atom. The number of rotatable bonds is 2. The van der Waals surface area contributed by atoms with E-state index < -0.39 is 0 Å². The molecule has 7 heteroatoms. The molecule has 1 heterocycles. The van der Waals surface area contributed by atoms with Gasteiger partial charge in [-0.05, 0) is 42.5 Å². The van der Waals surface area contributed by atoms with Crippen LogP contribution in [0.25, 0.3) is 11.0 Å². The Hall–Kier alpha value is -2.98. The first-order valence-corrected chi connectivity index (χ1v) is 6.86. The van der Waals surface area contributed by atoms with E-state index in [1.54, 1.807) is 36.4 Å². The molecule has 0 aliphatic heterocycles. The van der Waals surface area contributed by atoms with Gasteiger partial charge < -0.3 is 15.6 Å². The monoisotopic (exact) mass is 309 g/mol. The van der Waals surface area contributed by atoms with Crippen molar-refractivity contribution in [2.75, 3.05) is 10.6 Å². The number of hydrogen-bond donors (Lipinski definition) is 4. The van der Waals surface area contributed by atoms with Gasteiger partial charge in [-0.15, -0.1) is 12.6 Å². The number of hydrogen-bond acceptors (Lipinski definition) is 4. The molecule has 0 saturated carbocycles. The zero-order chi connectivity index (χ0) is 15.5. The number of nitrogens with one attached hydrogen (secondary N) is 3. The maximum atomic E-state index is 11.9. The van der Waals surface area contributed by atoms with Crippen LogP contribution in [-0.2, 0) is 0 Å². The van der Waals surface area contributed by atoms with Crippen LogP contribution in [0.5, 0.6) is 0 Å². The molecule has 108 valence electrons. The maximum absolute atomic E-state index is 11.9. The van der Waals surface area contributed by atoms with Gasteiger partial charge in [0.1, 0.15) is 0 Å². The third-order valence-electron chi connectivity index (χ3n) is 3.00.